The highest BCUT2D eigenvalue weighted by molar-refractivity contribution is 5.85. The van der Waals surface area contributed by atoms with E-state index in [9.17, 15) is 4.39 Å². The van der Waals surface area contributed by atoms with Gasteiger partial charge in [0.25, 0.3) is 0 Å². The van der Waals surface area contributed by atoms with Gasteiger partial charge in [-0.3, -0.25) is 0 Å². The minimum Gasteiger partial charge on any atom is -0.497 e. The summed E-state index contributed by atoms with van der Waals surface area (Å²) in [4.78, 5) is 0. The summed E-state index contributed by atoms with van der Waals surface area (Å²) in [5.41, 5.74) is 3.52. The molecule has 0 radical (unpaired) electrons. The summed E-state index contributed by atoms with van der Waals surface area (Å²) in [6.45, 7) is 3.85. The number of allylic oxidation sites excluding steroid dienone is 1. The molecule has 1 saturated carbocycles. The van der Waals surface area contributed by atoms with E-state index in [2.05, 4.69) is 30.8 Å². The molecule has 0 N–H and O–H groups in total. The highest BCUT2D eigenvalue weighted by atomic mass is 19.1. The van der Waals surface area contributed by atoms with E-state index in [1.807, 2.05) is 36.4 Å². The molecule has 0 aliphatic heterocycles. The monoisotopic (exact) mass is 416 g/mol. The van der Waals surface area contributed by atoms with Crippen LogP contribution in [0.2, 0.25) is 0 Å². The Bertz CT molecular complexity index is 1010. The van der Waals surface area contributed by atoms with Gasteiger partial charge in [-0.1, -0.05) is 42.5 Å². The Morgan fingerprint density at radius 3 is 2.45 bits per heavy atom. The second-order valence-corrected chi connectivity index (χ2v) is 8.95. The van der Waals surface area contributed by atoms with Crippen molar-refractivity contribution < 1.29 is 9.13 Å². The van der Waals surface area contributed by atoms with Gasteiger partial charge in [0.1, 0.15) is 11.6 Å². The molecule has 1 aliphatic carbocycles. The Labute approximate surface area is 185 Å². The normalized spacial score (nSPS) is 18.8. The molecule has 0 spiro atoms. The minimum atomic E-state index is -0.106. The number of methoxy groups -OCH3 is 1. The molecule has 31 heavy (non-hydrogen) atoms. The molecule has 0 bridgehead atoms. The molecule has 3 aromatic rings. The number of halogens is 1. The molecule has 0 heterocycles. The van der Waals surface area contributed by atoms with E-state index < -0.39 is 0 Å². The summed E-state index contributed by atoms with van der Waals surface area (Å²) in [5, 5.41) is 1.54. The van der Waals surface area contributed by atoms with E-state index in [1.54, 1.807) is 7.11 Å². The van der Waals surface area contributed by atoms with Crippen molar-refractivity contribution in [3.8, 4) is 5.75 Å². The number of rotatable bonds is 8. The van der Waals surface area contributed by atoms with Crippen LogP contribution in [0, 0.1) is 11.7 Å². The fourth-order valence-electron chi connectivity index (χ4n) is 5.01. The molecule has 1 aliphatic rings. The van der Waals surface area contributed by atoms with Gasteiger partial charge in [-0.05, 0) is 103 Å². The van der Waals surface area contributed by atoms with E-state index in [0.29, 0.717) is 17.7 Å². The molecule has 0 amide bonds. The van der Waals surface area contributed by atoms with Crippen molar-refractivity contribution in [1.29, 1.82) is 0 Å². The smallest absolute Gasteiger partial charge is 0.134 e. The number of ether oxygens (including phenoxy) is 1. The Morgan fingerprint density at radius 2 is 1.74 bits per heavy atom. The molecule has 0 atom stereocenters. The van der Waals surface area contributed by atoms with Gasteiger partial charge in [-0.2, -0.15) is 0 Å². The Hall–Kier alpha value is -2.61. The molecule has 4 rings (SSSR count). The second-order valence-electron chi connectivity index (χ2n) is 8.95. The zero-order valence-electron chi connectivity index (χ0n) is 18.6. The van der Waals surface area contributed by atoms with Gasteiger partial charge >= 0.3 is 0 Å². The lowest BCUT2D eigenvalue weighted by molar-refractivity contribution is 0.312. The summed E-state index contributed by atoms with van der Waals surface area (Å²) in [7, 11) is 1.63. The van der Waals surface area contributed by atoms with E-state index in [4.69, 9.17) is 4.74 Å². The van der Waals surface area contributed by atoms with Crippen molar-refractivity contribution in [3.63, 3.8) is 0 Å². The lowest BCUT2D eigenvalue weighted by atomic mass is 9.77. The fourth-order valence-corrected chi connectivity index (χ4v) is 5.01. The Kier molecular flexibility index (Phi) is 7.06. The molecule has 1 nitrogen and oxygen atoms in total. The predicted octanol–water partition coefficient (Wildman–Crippen LogP) is 8.01. The van der Waals surface area contributed by atoms with Crippen LogP contribution in [0.15, 0.2) is 67.3 Å². The summed E-state index contributed by atoms with van der Waals surface area (Å²) >= 11 is 0. The number of hydrogen-bond acceptors (Lipinski definition) is 1. The van der Waals surface area contributed by atoms with E-state index >= 15 is 0 Å². The first-order valence-corrected chi connectivity index (χ1v) is 11.6. The van der Waals surface area contributed by atoms with E-state index in [1.165, 1.54) is 43.2 Å². The van der Waals surface area contributed by atoms with Crippen LogP contribution < -0.4 is 4.74 Å². The predicted molar refractivity (Wildman–Crippen MR) is 128 cm³/mol. The SMILES string of the molecule is C=CCCC1CCC(c2ccc(CCc3ccc4cc(OC)ccc4c3F)cc2)CC1. The number of fused-ring (bicyclic) bond motifs is 1. The number of benzene rings is 3. The molecule has 162 valence electrons. The first-order valence-electron chi connectivity index (χ1n) is 11.6. The van der Waals surface area contributed by atoms with Crippen molar-refractivity contribution in [1.82, 2.24) is 0 Å². The summed E-state index contributed by atoms with van der Waals surface area (Å²) in [5.74, 6) is 2.23. The maximum Gasteiger partial charge on any atom is 0.134 e. The maximum atomic E-state index is 15.0. The van der Waals surface area contributed by atoms with Gasteiger partial charge in [0.15, 0.2) is 0 Å². The van der Waals surface area contributed by atoms with Crippen LogP contribution in [0.25, 0.3) is 10.8 Å². The summed E-state index contributed by atoms with van der Waals surface area (Å²) in [6.07, 6.45) is 11.3. The molecule has 1 fully saturated rings. The van der Waals surface area contributed by atoms with Gasteiger partial charge < -0.3 is 4.74 Å². The maximum absolute atomic E-state index is 15.0. The Morgan fingerprint density at radius 1 is 0.968 bits per heavy atom. The van der Waals surface area contributed by atoms with E-state index in [0.717, 1.165) is 35.5 Å². The molecular formula is C29H33FO. The van der Waals surface area contributed by atoms with Crippen LogP contribution in [0.4, 0.5) is 4.39 Å². The Balaban J connectivity index is 1.35. The number of aryl methyl sites for hydroxylation is 2. The molecule has 0 saturated heterocycles. The quantitative estimate of drug-likeness (QED) is 0.338. The molecule has 0 aromatic heterocycles. The molecule has 0 unspecified atom stereocenters. The van der Waals surface area contributed by atoms with Crippen LogP contribution in [0.5, 0.6) is 5.75 Å². The van der Waals surface area contributed by atoms with Crippen molar-refractivity contribution in [2.75, 3.05) is 7.11 Å². The molecule has 3 aromatic carbocycles. The fraction of sp³-hybridized carbons (Fsp3) is 0.379. The van der Waals surface area contributed by atoms with Gasteiger partial charge in [-0.15, -0.1) is 6.58 Å². The molecule has 2 heteroatoms. The van der Waals surface area contributed by atoms with Crippen molar-refractivity contribution in [2.24, 2.45) is 5.92 Å². The highest BCUT2D eigenvalue weighted by Crippen LogP contribution is 2.37. The molecular weight excluding hydrogens is 383 g/mol. The zero-order chi connectivity index (χ0) is 21.6. The average Bonchev–Trinajstić information content (AvgIpc) is 2.83. The standard InChI is InChI=1S/C29H33FO/c1-3-4-5-21-6-11-23(12-7-21)24-13-8-22(9-14-24)10-15-25-16-17-26-20-27(31-2)18-19-28(26)29(25)30/h3,8-9,13-14,16-21,23H,1,4-7,10-12,15H2,2H3. The topological polar surface area (TPSA) is 9.23 Å². The van der Waals surface area contributed by atoms with Crippen LogP contribution in [0.1, 0.15) is 61.1 Å². The van der Waals surface area contributed by atoms with Gasteiger partial charge in [-0.25, -0.2) is 4.39 Å². The first-order chi connectivity index (χ1) is 15.2. The summed E-state index contributed by atoms with van der Waals surface area (Å²) < 4.78 is 20.2. The third-order valence-corrected chi connectivity index (χ3v) is 7.00. The average molecular weight is 417 g/mol. The van der Waals surface area contributed by atoms with Gasteiger partial charge in [0.05, 0.1) is 7.11 Å². The lowest BCUT2D eigenvalue weighted by Gasteiger charge is -2.28. The first kappa shape index (κ1) is 21.6. The van der Waals surface area contributed by atoms with Gasteiger partial charge in [0.2, 0.25) is 0 Å². The highest BCUT2D eigenvalue weighted by Gasteiger charge is 2.21. The zero-order valence-corrected chi connectivity index (χ0v) is 18.6. The lowest BCUT2D eigenvalue weighted by Crippen LogP contribution is -2.13. The minimum absolute atomic E-state index is 0.106. The third-order valence-electron chi connectivity index (χ3n) is 7.00. The third kappa shape index (κ3) is 5.18. The van der Waals surface area contributed by atoms with Crippen LogP contribution in [0.3, 0.4) is 0 Å². The van der Waals surface area contributed by atoms with Gasteiger partial charge in [0, 0.05) is 5.39 Å². The van der Waals surface area contributed by atoms with E-state index in [-0.39, 0.29) is 5.82 Å². The van der Waals surface area contributed by atoms with Crippen LogP contribution in [-0.4, -0.2) is 7.11 Å². The summed E-state index contributed by atoms with van der Waals surface area (Å²) in [6, 6.07) is 18.5. The largest absolute Gasteiger partial charge is 0.497 e. The van der Waals surface area contributed by atoms with Crippen molar-refractivity contribution in [2.45, 2.75) is 57.3 Å². The second kappa shape index (κ2) is 10.1. The number of hydrogen-bond donors (Lipinski definition) is 0. The van der Waals surface area contributed by atoms with Crippen molar-refractivity contribution >= 4 is 10.8 Å². The van der Waals surface area contributed by atoms with Crippen molar-refractivity contribution in [3.05, 3.63) is 89.8 Å². The van der Waals surface area contributed by atoms with Crippen LogP contribution in [-0.2, 0) is 12.8 Å². The van der Waals surface area contributed by atoms with Crippen LogP contribution >= 0.6 is 0 Å².